The standard InChI is InChI=1S/C18H18ClFN2O3/c1-11(2)25-14-6-3-12(4-7-14)10-21-17(23)18(24)22-16-8-5-13(19)9-15(16)20/h3-9,11H,10H2,1-2H3,(H,21,23)(H,22,24). The lowest BCUT2D eigenvalue weighted by molar-refractivity contribution is -0.136. The minimum absolute atomic E-state index is 0.0718. The highest BCUT2D eigenvalue weighted by Crippen LogP contribution is 2.18. The lowest BCUT2D eigenvalue weighted by Gasteiger charge is -2.10. The van der Waals surface area contributed by atoms with E-state index in [1.165, 1.54) is 12.1 Å². The largest absolute Gasteiger partial charge is 0.491 e. The fourth-order valence-electron chi connectivity index (χ4n) is 1.99. The first kappa shape index (κ1) is 18.7. The number of hydrogen-bond donors (Lipinski definition) is 2. The Morgan fingerprint density at radius 3 is 2.40 bits per heavy atom. The molecule has 0 aliphatic carbocycles. The Morgan fingerprint density at radius 2 is 1.80 bits per heavy atom. The third-order valence-corrected chi connectivity index (χ3v) is 3.37. The third-order valence-electron chi connectivity index (χ3n) is 3.13. The Kier molecular flexibility index (Phi) is 6.36. The Balaban J connectivity index is 1.87. The summed E-state index contributed by atoms with van der Waals surface area (Å²) in [6.45, 7) is 4.02. The molecular weight excluding hydrogens is 347 g/mol. The fourth-order valence-corrected chi connectivity index (χ4v) is 2.15. The van der Waals surface area contributed by atoms with Gasteiger partial charge >= 0.3 is 11.8 Å². The first-order chi connectivity index (χ1) is 11.8. The van der Waals surface area contributed by atoms with Crippen molar-refractivity contribution < 1.29 is 18.7 Å². The zero-order valence-electron chi connectivity index (χ0n) is 13.8. The second-order valence-electron chi connectivity index (χ2n) is 5.57. The Bertz CT molecular complexity index is 763. The maximum Gasteiger partial charge on any atom is 0.313 e. The average Bonchev–Trinajstić information content (AvgIpc) is 2.56. The minimum atomic E-state index is -0.957. The van der Waals surface area contributed by atoms with Crippen molar-refractivity contribution in [3.63, 3.8) is 0 Å². The predicted molar refractivity (Wildman–Crippen MR) is 94.1 cm³/mol. The number of rotatable bonds is 5. The highest BCUT2D eigenvalue weighted by atomic mass is 35.5. The zero-order chi connectivity index (χ0) is 18.4. The van der Waals surface area contributed by atoms with Crippen molar-refractivity contribution in [2.24, 2.45) is 0 Å². The number of amides is 2. The maximum atomic E-state index is 13.6. The molecule has 0 saturated carbocycles. The number of ether oxygens (including phenoxy) is 1. The molecule has 25 heavy (non-hydrogen) atoms. The molecule has 0 spiro atoms. The summed E-state index contributed by atoms with van der Waals surface area (Å²) in [6.07, 6.45) is 0.0718. The van der Waals surface area contributed by atoms with Crippen LogP contribution in [0.3, 0.4) is 0 Å². The van der Waals surface area contributed by atoms with Crippen molar-refractivity contribution in [3.8, 4) is 5.75 Å². The van der Waals surface area contributed by atoms with Gasteiger partial charge in [0.2, 0.25) is 0 Å². The quantitative estimate of drug-likeness (QED) is 0.798. The van der Waals surface area contributed by atoms with Gasteiger partial charge in [-0.15, -0.1) is 0 Å². The van der Waals surface area contributed by atoms with E-state index in [9.17, 15) is 14.0 Å². The second-order valence-corrected chi connectivity index (χ2v) is 6.01. The molecule has 0 unspecified atom stereocenters. The number of nitrogens with one attached hydrogen (secondary N) is 2. The van der Waals surface area contributed by atoms with E-state index in [1.807, 2.05) is 13.8 Å². The van der Waals surface area contributed by atoms with Gasteiger partial charge in [0, 0.05) is 11.6 Å². The number of anilines is 1. The first-order valence-electron chi connectivity index (χ1n) is 7.65. The van der Waals surface area contributed by atoms with E-state index >= 15 is 0 Å². The van der Waals surface area contributed by atoms with E-state index in [0.717, 1.165) is 17.4 Å². The van der Waals surface area contributed by atoms with Crippen LogP contribution in [0.5, 0.6) is 5.75 Å². The van der Waals surface area contributed by atoms with Crippen LogP contribution in [0.15, 0.2) is 42.5 Å². The lowest BCUT2D eigenvalue weighted by Crippen LogP contribution is -2.35. The summed E-state index contributed by atoms with van der Waals surface area (Å²) in [5.74, 6) is -1.81. The van der Waals surface area contributed by atoms with Crippen LogP contribution in [0.4, 0.5) is 10.1 Å². The minimum Gasteiger partial charge on any atom is -0.491 e. The molecule has 0 aromatic heterocycles. The van der Waals surface area contributed by atoms with Crippen LogP contribution in [0, 0.1) is 5.82 Å². The highest BCUT2D eigenvalue weighted by Gasteiger charge is 2.15. The molecule has 2 amide bonds. The Hall–Kier alpha value is -2.60. The van der Waals surface area contributed by atoms with Crippen molar-refractivity contribution in [2.75, 3.05) is 5.32 Å². The molecule has 2 aromatic carbocycles. The summed E-state index contributed by atoms with van der Waals surface area (Å²) in [6, 6.07) is 10.9. The SMILES string of the molecule is CC(C)Oc1ccc(CNC(=O)C(=O)Nc2ccc(Cl)cc2F)cc1. The van der Waals surface area contributed by atoms with Crippen molar-refractivity contribution in [1.82, 2.24) is 5.32 Å². The van der Waals surface area contributed by atoms with E-state index in [2.05, 4.69) is 10.6 Å². The highest BCUT2D eigenvalue weighted by molar-refractivity contribution is 6.39. The smallest absolute Gasteiger partial charge is 0.313 e. The Morgan fingerprint density at radius 1 is 1.12 bits per heavy atom. The van der Waals surface area contributed by atoms with Crippen molar-refractivity contribution in [3.05, 3.63) is 58.9 Å². The van der Waals surface area contributed by atoms with Crippen LogP contribution in [-0.4, -0.2) is 17.9 Å². The van der Waals surface area contributed by atoms with Gasteiger partial charge in [0.25, 0.3) is 0 Å². The van der Waals surface area contributed by atoms with Crippen molar-refractivity contribution in [1.29, 1.82) is 0 Å². The number of hydrogen-bond acceptors (Lipinski definition) is 3. The van der Waals surface area contributed by atoms with Gasteiger partial charge < -0.3 is 15.4 Å². The van der Waals surface area contributed by atoms with Gasteiger partial charge in [0.15, 0.2) is 0 Å². The molecule has 0 fully saturated rings. The summed E-state index contributed by atoms with van der Waals surface area (Å²) >= 11 is 5.63. The van der Waals surface area contributed by atoms with Gasteiger partial charge in [-0.25, -0.2) is 4.39 Å². The zero-order valence-corrected chi connectivity index (χ0v) is 14.6. The van der Waals surface area contributed by atoms with E-state index in [4.69, 9.17) is 16.3 Å². The topological polar surface area (TPSA) is 67.4 Å². The van der Waals surface area contributed by atoms with Gasteiger partial charge in [0.1, 0.15) is 11.6 Å². The molecule has 0 saturated heterocycles. The summed E-state index contributed by atoms with van der Waals surface area (Å²) in [5, 5.41) is 4.87. The number of benzene rings is 2. The van der Waals surface area contributed by atoms with Gasteiger partial charge in [-0.1, -0.05) is 23.7 Å². The Labute approximate surface area is 150 Å². The van der Waals surface area contributed by atoms with Crippen LogP contribution in [0.2, 0.25) is 5.02 Å². The van der Waals surface area contributed by atoms with E-state index < -0.39 is 17.6 Å². The van der Waals surface area contributed by atoms with E-state index in [0.29, 0.717) is 0 Å². The number of carbonyl (C=O) groups is 2. The van der Waals surface area contributed by atoms with Crippen LogP contribution in [-0.2, 0) is 16.1 Å². The summed E-state index contributed by atoms with van der Waals surface area (Å²) < 4.78 is 19.1. The monoisotopic (exact) mass is 364 g/mol. The molecule has 0 aliphatic rings. The molecule has 0 heterocycles. The molecule has 0 atom stereocenters. The normalized spacial score (nSPS) is 10.4. The van der Waals surface area contributed by atoms with Crippen molar-refractivity contribution in [2.45, 2.75) is 26.5 Å². The molecule has 2 N–H and O–H groups in total. The predicted octanol–water partition coefficient (Wildman–Crippen LogP) is 3.52. The fraction of sp³-hybridized carbons (Fsp3) is 0.222. The van der Waals surface area contributed by atoms with Gasteiger partial charge in [-0.2, -0.15) is 0 Å². The third kappa shape index (κ3) is 5.76. The van der Waals surface area contributed by atoms with Crippen LogP contribution < -0.4 is 15.4 Å². The summed E-state index contributed by atoms with van der Waals surface area (Å²) in [5.41, 5.74) is 0.690. The van der Waals surface area contributed by atoms with Gasteiger partial charge in [-0.05, 0) is 49.7 Å². The van der Waals surface area contributed by atoms with E-state index in [-0.39, 0.29) is 23.4 Å². The molecule has 0 radical (unpaired) electrons. The average molecular weight is 365 g/mol. The summed E-state index contributed by atoms with van der Waals surface area (Å²) in [4.78, 5) is 23.6. The molecular formula is C18H18ClFN2O3. The van der Waals surface area contributed by atoms with Crippen molar-refractivity contribution >= 4 is 29.1 Å². The van der Waals surface area contributed by atoms with E-state index in [1.54, 1.807) is 24.3 Å². The van der Waals surface area contributed by atoms with Crippen LogP contribution in [0.1, 0.15) is 19.4 Å². The van der Waals surface area contributed by atoms with Gasteiger partial charge in [0.05, 0.1) is 11.8 Å². The molecule has 7 heteroatoms. The molecule has 132 valence electrons. The lowest BCUT2D eigenvalue weighted by atomic mass is 10.2. The number of halogens is 2. The second kappa shape index (κ2) is 8.48. The van der Waals surface area contributed by atoms with Crippen LogP contribution >= 0.6 is 11.6 Å². The molecule has 2 aromatic rings. The number of carbonyl (C=O) groups excluding carboxylic acids is 2. The van der Waals surface area contributed by atoms with Crippen LogP contribution in [0.25, 0.3) is 0 Å². The van der Waals surface area contributed by atoms with Gasteiger partial charge in [-0.3, -0.25) is 9.59 Å². The molecule has 0 aliphatic heterocycles. The summed E-state index contributed by atoms with van der Waals surface area (Å²) in [7, 11) is 0. The molecule has 5 nitrogen and oxygen atoms in total. The first-order valence-corrected chi connectivity index (χ1v) is 8.03. The molecule has 0 bridgehead atoms. The molecule has 2 rings (SSSR count). The maximum absolute atomic E-state index is 13.6.